The first-order chi connectivity index (χ1) is 16.2. The Kier molecular flexibility index (Phi) is 7.31. The Bertz CT molecular complexity index is 914. The summed E-state index contributed by atoms with van der Waals surface area (Å²) < 4.78 is 1.54. The van der Waals surface area contributed by atoms with E-state index in [2.05, 4.69) is 29.2 Å². The van der Waals surface area contributed by atoms with Gasteiger partial charge in [-0.25, -0.2) is 0 Å². The lowest BCUT2D eigenvalue weighted by molar-refractivity contribution is -0.132. The van der Waals surface area contributed by atoms with Crippen molar-refractivity contribution in [2.75, 3.05) is 39.8 Å². The molecule has 2 aliphatic heterocycles. The van der Waals surface area contributed by atoms with Gasteiger partial charge in [0.15, 0.2) is 5.69 Å². The predicted molar refractivity (Wildman–Crippen MR) is 130 cm³/mol. The molecule has 34 heavy (non-hydrogen) atoms. The highest BCUT2D eigenvalue weighted by atomic mass is 16.2. The van der Waals surface area contributed by atoms with Gasteiger partial charge in [-0.1, -0.05) is 33.1 Å². The lowest BCUT2D eigenvalue weighted by Crippen LogP contribution is -2.62. The van der Waals surface area contributed by atoms with E-state index in [4.69, 9.17) is 0 Å². The van der Waals surface area contributed by atoms with Crippen molar-refractivity contribution in [3.63, 3.8) is 0 Å². The van der Waals surface area contributed by atoms with Crippen LogP contribution in [0, 0.1) is 5.92 Å². The van der Waals surface area contributed by atoms with E-state index < -0.39 is 5.54 Å². The van der Waals surface area contributed by atoms with E-state index >= 15 is 0 Å². The standard InChI is InChI=1S/C25H40N6O3/c1-18(2)10-11-26-24(34)25(3)17-31-21(23(33)28(25)4)16-20(27-31)22(32)30-14-12-29(13-15-30)19-8-6-5-7-9-19/h16,18-19H,5-15,17H2,1-4H3,(H,26,34)/t25-/m1/s1. The van der Waals surface area contributed by atoms with Gasteiger partial charge < -0.3 is 15.1 Å². The van der Waals surface area contributed by atoms with E-state index in [-0.39, 0.29) is 30.0 Å². The minimum atomic E-state index is -1.06. The van der Waals surface area contributed by atoms with E-state index in [9.17, 15) is 14.4 Å². The SMILES string of the molecule is CC(C)CCNC(=O)[C@@]1(C)Cn2nc(C(=O)N3CCN(C4CCCCC4)CC3)cc2C(=O)N1C. The third-order valence-electron chi connectivity index (χ3n) is 7.91. The van der Waals surface area contributed by atoms with Crippen molar-refractivity contribution in [1.82, 2.24) is 29.8 Å². The number of carbonyl (C=O) groups is 3. The molecule has 0 radical (unpaired) electrons. The molecule has 1 aromatic heterocycles. The van der Waals surface area contributed by atoms with E-state index in [1.807, 2.05) is 4.90 Å². The Morgan fingerprint density at radius 2 is 1.82 bits per heavy atom. The number of hydrogen-bond donors (Lipinski definition) is 1. The lowest BCUT2D eigenvalue weighted by Gasteiger charge is -2.41. The first kappa shape index (κ1) is 24.7. The molecule has 3 heterocycles. The van der Waals surface area contributed by atoms with Crippen LogP contribution in [0.1, 0.15) is 80.3 Å². The van der Waals surface area contributed by atoms with Crippen LogP contribution >= 0.6 is 0 Å². The fourth-order valence-corrected chi connectivity index (χ4v) is 5.39. The van der Waals surface area contributed by atoms with Gasteiger partial charge in [-0.05, 0) is 32.1 Å². The summed E-state index contributed by atoms with van der Waals surface area (Å²) in [4.78, 5) is 45.2. The number of hydrogen-bond acceptors (Lipinski definition) is 5. The molecule has 0 bridgehead atoms. The van der Waals surface area contributed by atoms with Crippen LogP contribution in [-0.2, 0) is 11.3 Å². The largest absolute Gasteiger partial charge is 0.354 e. The first-order valence-corrected chi connectivity index (χ1v) is 12.9. The van der Waals surface area contributed by atoms with Crippen molar-refractivity contribution in [2.45, 2.75) is 77.4 Å². The van der Waals surface area contributed by atoms with Gasteiger partial charge in [-0.3, -0.25) is 24.0 Å². The Balaban J connectivity index is 1.41. The number of amides is 3. The van der Waals surface area contributed by atoms with Gasteiger partial charge in [0.25, 0.3) is 11.8 Å². The minimum absolute atomic E-state index is 0.135. The second-order valence-electron chi connectivity index (χ2n) is 10.8. The number of likely N-dealkylation sites (N-methyl/N-ethyl adjacent to an activating group) is 1. The Morgan fingerprint density at radius 1 is 1.15 bits per heavy atom. The second kappa shape index (κ2) is 10.1. The van der Waals surface area contributed by atoms with Crippen LogP contribution in [0.4, 0.5) is 0 Å². The average molecular weight is 473 g/mol. The molecule has 1 aliphatic carbocycles. The van der Waals surface area contributed by atoms with E-state index in [0.29, 0.717) is 37.3 Å². The zero-order chi connectivity index (χ0) is 24.5. The zero-order valence-corrected chi connectivity index (χ0v) is 21.2. The number of nitrogens with one attached hydrogen (secondary N) is 1. The molecule has 9 heteroatoms. The van der Waals surface area contributed by atoms with Gasteiger partial charge in [0.05, 0.1) is 6.54 Å². The maximum absolute atomic E-state index is 13.2. The van der Waals surface area contributed by atoms with Gasteiger partial charge in [0, 0.05) is 51.9 Å². The minimum Gasteiger partial charge on any atom is -0.354 e. The van der Waals surface area contributed by atoms with E-state index in [1.54, 1.807) is 20.0 Å². The molecule has 2 fully saturated rings. The van der Waals surface area contributed by atoms with Gasteiger partial charge in [-0.2, -0.15) is 5.10 Å². The van der Waals surface area contributed by atoms with Gasteiger partial charge in [0.2, 0.25) is 5.91 Å². The molecular weight excluding hydrogens is 432 g/mol. The van der Waals surface area contributed by atoms with Crippen LogP contribution in [0.3, 0.4) is 0 Å². The molecule has 1 saturated carbocycles. The molecule has 9 nitrogen and oxygen atoms in total. The predicted octanol–water partition coefficient (Wildman–Crippen LogP) is 1.98. The van der Waals surface area contributed by atoms with Gasteiger partial charge in [0.1, 0.15) is 11.2 Å². The highest BCUT2D eigenvalue weighted by Gasteiger charge is 2.46. The van der Waals surface area contributed by atoms with Crippen LogP contribution < -0.4 is 5.32 Å². The number of rotatable bonds is 6. The lowest BCUT2D eigenvalue weighted by atomic mass is 9.94. The number of carbonyl (C=O) groups excluding carboxylic acids is 3. The second-order valence-corrected chi connectivity index (χ2v) is 10.8. The summed E-state index contributed by atoms with van der Waals surface area (Å²) in [7, 11) is 1.65. The quantitative estimate of drug-likeness (QED) is 0.684. The molecule has 0 aromatic carbocycles. The van der Waals surface area contributed by atoms with Crippen molar-refractivity contribution in [1.29, 1.82) is 0 Å². The summed E-state index contributed by atoms with van der Waals surface area (Å²) in [6.45, 7) is 9.90. The normalized spacial score (nSPS) is 24.4. The summed E-state index contributed by atoms with van der Waals surface area (Å²) in [6, 6.07) is 2.24. The summed E-state index contributed by atoms with van der Waals surface area (Å²) in [6.07, 6.45) is 7.36. The number of nitrogens with zero attached hydrogens (tertiary/aromatic N) is 5. The first-order valence-electron chi connectivity index (χ1n) is 12.9. The third-order valence-corrected chi connectivity index (χ3v) is 7.91. The fourth-order valence-electron chi connectivity index (χ4n) is 5.39. The van der Waals surface area contributed by atoms with Crippen molar-refractivity contribution in [3.05, 3.63) is 17.5 Å². The molecule has 1 N–H and O–H groups in total. The zero-order valence-electron chi connectivity index (χ0n) is 21.2. The monoisotopic (exact) mass is 472 g/mol. The Morgan fingerprint density at radius 3 is 2.47 bits per heavy atom. The van der Waals surface area contributed by atoms with E-state index in [0.717, 1.165) is 19.5 Å². The van der Waals surface area contributed by atoms with Crippen molar-refractivity contribution < 1.29 is 14.4 Å². The molecule has 1 aromatic rings. The maximum Gasteiger partial charge on any atom is 0.274 e. The Labute approximate surface area is 202 Å². The van der Waals surface area contributed by atoms with Crippen LogP contribution in [0.5, 0.6) is 0 Å². The summed E-state index contributed by atoms with van der Waals surface area (Å²) in [5.74, 6) is -0.142. The van der Waals surface area contributed by atoms with Gasteiger partial charge >= 0.3 is 0 Å². The molecular formula is C25H40N6O3. The molecule has 4 rings (SSSR count). The fraction of sp³-hybridized carbons (Fsp3) is 0.760. The van der Waals surface area contributed by atoms with Gasteiger partial charge in [-0.15, -0.1) is 0 Å². The third kappa shape index (κ3) is 4.85. The summed E-state index contributed by atoms with van der Waals surface area (Å²) in [5.41, 5.74) is -0.412. The highest BCUT2D eigenvalue weighted by molar-refractivity contribution is 6.01. The highest BCUT2D eigenvalue weighted by Crippen LogP contribution is 2.27. The summed E-state index contributed by atoms with van der Waals surface area (Å²) >= 11 is 0. The van der Waals surface area contributed by atoms with Crippen LogP contribution in [0.15, 0.2) is 6.07 Å². The number of aromatic nitrogens is 2. The Hall–Kier alpha value is -2.42. The molecule has 0 spiro atoms. The molecule has 188 valence electrons. The number of fused-ring (bicyclic) bond motifs is 1. The smallest absolute Gasteiger partial charge is 0.274 e. The molecule has 3 amide bonds. The van der Waals surface area contributed by atoms with Crippen LogP contribution in [0.25, 0.3) is 0 Å². The maximum atomic E-state index is 13.2. The molecule has 3 aliphatic rings. The average Bonchev–Trinajstić information content (AvgIpc) is 3.26. The summed E-state index contributed by atoms with van der Waals surface area (Å²) in [5, 5.41) is 7.45. The van der Waals surface area contributed by atoms with Crippen molar-refractivity contribution in [2.24, 2.45) is 5.92 Å². The number of piperazine rings is 1. The van der Waals surface area contributed by atoms with Crippen molar-refractivity contribution >= 4 is 17.7 Å². The molecule has 1 atom stereocenters. The van der Waals surface area contributed by atoms with E-state index in [1.165, 1.54) is 41.7 Å². The van der Waals surface area contributed by atoms with Crippen LogP contribution in [0.2, 0.25) is 0 Å². The topological polar surface area (TPSA) is 90.8 Å². The van der Waals surface area contributed by atoms with Crippen molar-refractivity contribution in [3.8, 4) is 0 Å². The van der Waals surface area contributed by atoms with Crippen LogP contribution in [-0.4, -0.2) is 93.6 Å². The molecule has 0 unspecified atom stereocenters. The molecule has 1 saturated heterocycles.